The van der Waals surface area contributed by atoms with Crippen LogP contribution in [0.4, 0.5) is 11.4 Å². The van der Waals surface area contributed by atoms with Gasteiger partial charge in [0.2, 0.25) is 10.0 Å². The van der Waals surface area contributed by atoms with Gasteiger partial charge in [-0.15, -0.1) is 0 Å². The topological polar surface area (TPSA) is 78.4 Å². The molecule has 1 unspecified atom stereocenters. The van der Waals surface area contributed by atoms with Crippen molar-refractivity contribution in [1.29, 1.82) is 0 Å². The van der Waals surface area contributed by atoms with E-state index >= 15 is 0 Å². The Kier molecular flexibility index (Phi) is 5.15. The molecular weight excluding hydrogens is 312 g/mol. The second kappa shape index (κ2) is 6.91. The normalized spacial score (nSPS) is 12.7. The van der Waals surface area contributed by atoms with E-state index in [1.165, 1.54) is 0 Å². The molecule has 0 saturated carbocycles. The lowest BCUT2D eigenvalue weighted by Gasteiger charge is -2.17. The molecule has 0 aliphatic carbocycles. The fourth-order valence-corrected chi connectivity index (χ4v) is 2.96. The number of phenolic OH excluding ortho intramolecular Hbond substituents is 1. The van der Waals surface area contributed by atoms with Crippen molar-refractivity contribution >= 4 is 21.4 Å². The number of hydrogen-bond donors (Lipinski definition) is 3. The summed E-state index contributed by atoms with van der Waals surface area (Å²) in [7, 11) is -3.30. The fraction of sp³-hybridized carbons (Fsp3) is 0.294. The van der Waals surface area contributed by atoms with Gasteiger partial charge in [0, 0.05) is 11.7 Å². The number of phenols is 1. The van der Waals surface area contributed by atoms with E-state index in [1.54, 1.807) is 18.2 Å². The number of aryl methyl sites for hydroxylation is 1. The first kappa shape index (κ1) is 17.1. The summed E-state index contributed by atoms with van der Waals surface area (Å²) in [6.07, 6.45) is 1.93. The molecule has 0 saturated heterocycles. The molecule has 6 heteroatoms. The van der Waals surface area contributed by atoms with Crippen LogP contribution in [0.15, 0.2) is 42.5 Å². The van der Waals surface area contributed by atoms with Crippen LogP contribution in [0.5, 0.6) is 5.75 Å². The highest BCUT2D eigenvalue weighted by molar-refractivity contribution is 7.92. The first-order chi connectivity index (χ1) is 10.7. The number of hydrogen-bond acceptors (Lipinski definition) is 4. The van der Waals surface area contributed by atoms with Gasteiger partial charge in [0.05, 0.1) is 11.9 Å². The van der Waals surface area contributed by atoms with E-state index in [0.29, 0.717) is 5.69 Å². The molecule has 5 nitrogen and oxygen atoms in total. The first-order valence-electron chi connectivity index (χ1n) is 7.36. The average molecular weight is 334 g/mol. The Morgan fingerprint density at radius 2 is 1.78 bits per heavy atom. The van der Waals surface area contributed by atoms with E-state index < -0.39 is 10.0 Å². The molecule has 3 N–H and O–H groups in total. The van der Waals surface area contributed by atoms with Crippen molar-refractivity contribution in [2.75, 3.05) is 16.3 Å². The van der Waals surface area contributed by atoms with Crippen LogP contribution in [0.25, 0.3) is 0 Å². The number of benzene rings is 2. The second-order valence-corrected chi connectivity index (χ2v) is 7.57. The lowest BCUT2D eigenvalue weighted by atomic mass is 10.1. The minimum Gasteiger partial charge on any atom is -0.508 e. The van der Waals surface area contributed by atoms with E-state index in [-0.39, 0.29) is 11.8 Å². The summed E-state index contributed by atoms with van der Waals surface area (Å²) in [5.41, 5.74) is 3.42. The highest BCUT2D eigenvalue weighted by atomic mass is 32.2. The zero-order chi connectivity index (χ0) is 17.0. The van der Waals surface area contributed by atoms with Gasteiger partial charge in [-0.2, -0.15) is 0 Å². The molecule has 0 aromatic heterocycles. The number of sulfonamides is 1. The predicted molar refractivity (Wildman–Crippen MR) is 94.5 cm³/mol. The number of nitrogens with one attached hydrogen (secondary N) is 2. The maximum Gasteiger partial charge on any atom is 0.229 e. The molecule has 124 valence electrons. The minimum absolute atomic E-state index is 0.160. The summed E-state index contributed by atoms with van der Waals surface area (Å²) in [5, 5.41) is 12.7. The third-order valence-electron chi connectivity index (χ3n) is 3.42. The smallest absolute Gasteiger partial charge is 0.229 e. The van der Waals surface area contributed by atoms with Gasteiger partial charge in [0.1, 0.15) is 5.75 Å². The summed E-state index contributed by atoms with van der Waals surface area (Å²) >= 11 is 0. The molecule has 2 aromatic carbocycles. The lowest BCUT2D eigenvalue weighted by molar-refractivity contribution is 0.475. The van der Waals surface area contributed by atoms with Gasteiger partial charge in [0.15, 0.2) is 0 Å². The van der Waals surface area contributed by atoms with Crippen molar-refractivity contribution < 1.29 is 13.5 Å². The molecular formula is C17H22N2O3S. The predicted octanol–water partition coefficient (Wildman–Crippen LogP) is 3.12. The number of anilines is 2. The second-order valence-electron chi connectivity index (χ2n) is 5.82. The average Bonchev–Trinajstić information content (AvgIpc) is 2.43. The maximum absolute atomic E-state index is 11.4. The minimum atomic E-state index is -3.30. The molecule has 0 aliphatic rings. The van der Waals surface area contributed by atoms with Gasteiger partial charge >= 0.3 is 0 Å². The molecule has 23 heavy (non-hydrogen) atoms. The number of rotatable bonds is 6. The van der Waals surface area contributed by atoms with Gasteiger partial charge in [-0.25, -0.2) is 8.42 Å². The highest BCUT2D eigenvalue weighted by Gasteiger charge is 2.08. The number of aromatic hydroxyl groups is 1. The summed E-state index contributed by atoms with van der Waals surface area (Å²) in [6.45, 7) is 3.91. The van der Waals surface area contributed by atoms with Crippen LogP contribution in [0.2, 0.25) is 0 Å². The van der Waals surface area contributed by atoms with Gasteiger partial charge in [-0.1, -0.05) is 18.2 Å². The first-order valence-corrected chi connectivity index (χ1v) is 9.25. The summed E-state index contributed by atoms with van der Waals surface area (Å²) in [4.78, 5) is 0. The van der Waals surface area contributed by atoms with Gasteiger partial charge in [0.25, 0.3) is 0 Å². The zero-order valence-electron chi connectivity index (χ0n) is 13.5. The van der Waals surface area contributed by atoms with E-state index in [2.05, 4.69) is 17.0 Å². The standard InChI is InChI=1S/C17H22N2O3S/c1-12-4-7-15(11-17(12)19-23(3,21)22)18-13(2)10-14-5-8-16(20)9-6-14/h4-9,11,13,18-20H,10H2,1-3H3. The van der Waals surface area contributed by atoms with Crippen LogP contribution in [0.1, 0.15) is 18.1 Å². The van der Waals surface area contributed by atoms with Crippen LogP contribution in [0.3, 0.4) is 0 Å². The van der Waals surface area contributed by atoms with Gasteiger partial charge < -0.3 is 10.4 Å². The maximum atomic E-state index is 11.4. The molecule has 1 atom stereocenters. The zero-order valence-corrected chi connectivity index (χ0v) is 14.3. The molecule has 0 bridgehead atoms. The largest absolute Gasteiger partial charge is 0.508 e. The molecule has 0 radical (unpaired) electrons. The molecule has 0 aliphatic heterocycles. The summed E-state index contributed by atoms with van der Waals surface area (Å²) < 4.78 is 25.3. The molecule has 0 heterocycles. The van der Waals surface area contributed by atoms with E-state index in [4.69, 9.17) is 0 Å². The third kappa shape index (κ3) is 5.49. The molecule has 0 fully saturated rings. The van der Waals surface area contributed by atoms with Crippen molar-refractivity contribution in [3.8, 4) is 5.75 Å². The van der Waals surface area contributed by atoms with E-state index in [9.17, 15) is 13.5 Å². The van der Waals surface area contributed by atoms with Crippen molar-refractivity contribution in [1.82, 2.24) is 0 Å². The Balaban J connectivity index is 2.07. The van der Waals surface area contributed by atoms with E-state index in [1.807, 2.05) is 31.2 Å². The molecule has 0 spiro atoms. The Bertz CT molecular complexity index is 771. The molecule has 2 rings (SSSR count). The van der Waals surface area contributed by atoms with Crippen molar-refractivity contribution in [3.05, 3.63) is 53.6 Å². The Labute approximate surface area is 137 Å². The summed E-state index contributed by atoms with van der Waals surface area (Å²) in [5.74, 6) is 0.254. The van der Waals surface area contributed by atoms with Crippen molar-refractivity contribution in [2.45, 2.75) is 26.3 Å². The van der Waals surface area contributed by atoms with Crippen LogP contribution < -0.4 is 10.0 Å². The van der Waals surface area contributed by atoms with Crippen molar-refractivity contribution in [3.63, 3.8) is 0 Å². The van der Waals surface area contributed by atoms with Crippen molar-refractivity contribution in [2.24, 2.45) is 0 Å². The Morgan fingerprint density at radius 1 is 1.13 bits per heavy atom. The van der Waals surface area contributed by atoms with Crippen LogP contribution >= 0.6 is 0 Å². The quantitative estimate of drug-likeness (QED) is 0.758. The molecule has 2 aromatic rings. The lowest BCUT2D eigenvalue weighted by Crippen LogP contribution is -2.18. The Hall–Kier alpha value is -2.21. The third-order valence-corrected chi connectivity index (χ3v) is 4.01. The molecule has 0 amide bonds. The SMILES string of the molecule is Cc1ccc(NC(C)Cc2ccc(O)cc2)cc1NS(C)(=O)=O. The van der Waals surface area contributed by atoms with Crippen LogP contribution in [0, 0.1) is 6.92 Å². The monoisotopic (exact) mass is 334 g/mol. The van der Waals surface area contributed by atoms with Crippen LogP contribution in [-0.4, -0.2) is 25.8 Å². The summed E-state index contributed by atoms with van der Waals surface area (Å²) in [6, 6.07) is 12.9. The Morgan fingerprint density at radius 3 is 2.39 bits per heavy atom. The van der Waals surface area contributed by atoms with E-state index in [0.717, 1.165) is 29.5 Å². The van der Waals surface area contributed by atoms with Gasteiger partial charge in [-0.05, 0) is 55.7 Å². The fourth-order valence-electron chi connectivity index (χ4n) is 2.34. The van der Waals surface area contributed by atoms with Gasteiger partial charge in [-0.3, -0.25) is 4.72 Å². The van der Waals surface area contributed by atoms with Crippen LogP contribution in [-0.2, 0) is 16.4 Å². The highest BCUT2D eigenvalue weighted by Crippen LogP contribution is 2.22.